The fourth-order valence-electron chi connectivity index (χ4n) is 2.21. The number of nitriles is 1. The van der Waals surface area contributed by atoms with Crippen LogP contribution in [0.25, 0.3) is 0 Å². The molecule has 1 atom stereocenters. The van der Waals surface area contributed by atoms with Crippen LogP contribution in [-0.4, -0.2) is 0 Å². The van der Waals surface area contributed by atoms with Crippen molar-refractivity contribution < 1.29 is 8.83 Å². The molecule has 0 spiro atoms. The van der Waals surface area contributed by atoms with E-state index in [-0.39, 0.29) is 22.8 Å². The van der Waals surface area contributed by atoms with Crippen molar-refractivity contribution in [3.05, 3.63) is 56.5 Å². The predicted octanol–water partition coefficient (Wildman–Crippen LogP) is 2.83. The minimum atomic E-state index is -0.381. The van der Waals surface area contributed by atoms with Crippen LogP contribution in [0.4, 0.5) is 5.88 Å². The van der Waals surface area contributed by atoms with Crippen molar-refractivity contribution in [1.29, 1.82) is 5.26 Å². The van der Waals surface area contributed by atoms with Crippen molar-refractivity contribution in [3.63, 3.8) is 0 Å². The van der Waals surface area contributed by atoms with Gasteiger partial charge in [-0.15, -0.1) is 0 Å². The van der Waals surface area contributed by atoms with Gasteiger partial charge in [0.2, 0.25) is 11.3 Å². The number of furan rings is 1. The van der Waals surface area contributed by atoms with Gasteiger partial charge in [0, 0.05) is 11.5 Å². The summed E-state index contributed by atoms with van der Waals surface area (Å²) >= 11 is 1.33. The van der Waals surface area contributed by atoms with Crippen LogP contribution >= 0.6 is 11.8 Å². The molecule has 20 heavy (non-hydrogen) atoms. The third-order valence-electron chi connectivity index (χ3n) is 3.12. The third-order valence-corrected chi connectivity index (χ3v) is 4.07. The van der Waals surface area contributed by atoms with E-state index >= 15 is 0 Å². The average molecular weight is 286 g/mol. The molecule has 0 bridgehead atoms. The molecule has 2 N–H and O–H groups in total. The molecule has 0 aromatic carbocycles. The number of allylic oxidation sites excluding steroid dienone is 2. The zero-order chi connectivity index (χ0) is 14.3. The van der Waals surface area contributed by atoms with Gasteiger partial charge in [0.25, 0.3) is 0 Å². The largest absolute Gasteiger partial charge is 0.472 e. The Balaban J connectivity index is 2.30. The molecule has 1 aliphatic rings. The topological polar surface area (TPSA) is 93.2 Å². The van der Waals surface area contributed by atoms with E-state index < -0.39 is 0 Å². The lowest BCUT2D eigenvalue weighted by Crippen LogP contribution is -2.20. The summed E-state index contributed by atoms with van der Waals surface area (Å²) in [5.74, 6) is -0.418. The monoisotopic (exact) mass is 286 g/mol. The smallest absolute Gasteiger partial charge is 0.213 e. The van der Waals surface area contributed by atoms with Gasteiger partial charge in [0.15, 0.2) is 10.7 Å². The molecule has 0 aliphatic carbocycles. The van der Waals surface area contributed by atoms with Crippen molar-refractivity contribution in [2.45, 2.75) is 17.9 Å². The number of thioether (sulfide) groups is 1. The van der Waals surface area contributed by atoms with Crippen molar-refractivity contribution in [2.24, 2.45) is 0 Å². The van der Waals surface area contributed by atoms with Crippen molar-refractivity contribution in [2.75, 3.05) is 5.73 Å². The third kappa shape index (κ3) is 1.84. The lowest BCUT2D eigenvalue weighted by Gasteiger charge is -2.20. The van der Waals surface area contributed by atoms with E-state index in [0.29, 0.717) is 10.7 Å². The molecule has 3 heterocycles. The molecule has 6 heteroatoms. The summed E-state index contributed by atoms with van der Waals surface area (Å²) < 4.78 is 10.5. The zero-order valence-electron chi connectivity index (χ0n) is 10.5. The Labute approximate surface area is 118 Å². The summed E-state index contributed by atoms with van der Waals surface area (Å²) in [6.45, 7) is 1.93. The van der Waals surface area contributed by atoms with Gasteiger partial charge < -0.3 is 14.6 Å². The Kier molecular flexibility index (Phi) is 2.92. The Hall–Kier alpha value is -2.39. The molecule has 100 valence electrons. The van der Waals surface area contributed by atoms with Crippen LogP contribution in [0.5, 0.6) is 0 Å². The van der Waals surface area contributed by atoms with Gasteiger partial charge >= 0.3 is 0 Å². The van der Waals surface area contributed by atoms with E-state index in [1.165, 1.54) is 11.8 Å². The van der Waals surface area contributed by atoms with Gasteiger partial charge in [-0.1, -0.05) is 17.8 Å². The first-order chi connectivity index (χ1) is 9.61. The van der Waals surface area contributed by atoms with Gasteiger partial charge in [-0.05, 0) is 17.9 Å². The van der Waals surface area contributed by atoms with Crippen LogP contribution in [0.2, 0.25) is 0 Å². The summed E-state index contributed by atoms with van der Waals surface area (Å²) in [6.07, 6.45) is 5.08. The summed E-state index contributed by atoms with van der Waals surface area (Å²) in [4.78, 5) is 13.4. The minimum Gasteiger partial charge on any atom is -0.472 e. The van der Waals surface area contributed by atoms with Crippen molar-refractivity contribution in [3.8, 4) is 6.07 Å². The SMILES string of the molecule is CC1=C[C@H](c2ccoc2)c2c(oc(N)c(C#N)c2=O)S1. The molecule has 0 saturated heterocycles. The number of fused-ring (bicyclic) bond motifs is 1. The second-order valence-corrected chi connectivity index (χ2v) is 5.62. The maximum Gasteiger partial charge on any atom is 0.213 e. The van der Waals surface area contributed by atoms with E-state index in [9.17, 15) is 4.79 Å². The van der Waals surface area contributed by atoms with E-state index in [4.69, 9.17) is 19.8 Å². The quantitative estimate of drug-likeness (QED) is 0.866. The number of hydrogen-bond acceptors (Lipinski definition) is 6. The van der Waals surface area contributed by atoms with Gasteiger partial charge in [-0.2, -0.15) is 5.26 Å². The summed E-state index contributed by atoms with van der Waals surface area (Å²) in [6, 6.07) is 3.59. The van der Waals surface area contributed by atoms with Crippen LogP contribution in [0.15, 0.2) is 48.3 Å². The molecule has 5 nitrogen and oxygen atoms in total. The fourth-order valence-corrected chi connectivity index (χ4v) is 3.17. The highest BCUT2D eigenvalue weighted by Gasteiger charge is 2.29. The van der Waals surface area contributed by atoms with Crippen LogP contribution in [-0.2, 0) is 0 Å². The summed E-state index contributed by atoms with van der Waals surface area (Å²) in [7, 11) is 0. The predicted molar refractivity (Wildman–Crippen MR) is 74.3 cm³/mol. The number of hydrogen-bond donors (Lipinski definition) is 1. The second-order valence-electron chi connectivity index (χ2n) is 4.40. The lowest BCUT2D eigenvalue weighted by molar-refractivity contribution is 0.457. The molecule has 3 rings (SSSR count). The maximum absolute atomic E-state index is 12.4. The number of nitrogens with zero attached hydrogens (tertiary/aromatic N) is 1. The molecule has 0 amide bonds. The average Bonchev–Trinajstić information content (AvgIpc) is 2.91. The fraction of sp³-hybridized carbons (Fsp3) is 0.143. The van der Waals surface area contributed by atoms with Crippen molar-refractivity contribution >= 4 is 17.6 Å². The number of nitrogen functional groups attached to an aromatic ring is 1. The van der Waals surface area contributed by atoms with E-state index in [1.54, 1.807) is 24.7 Å². The normalized spacial score (nSPS) is 17.2. The van der Waals surface area contributed by atoms with Gasteiger partial charge in [-0.25, -0.2) is 0 Å². The van der Waals surface area contributed by atoms with Crippen LogP contribution in [0.1, 0.15) is 29.5 Å². The standard InChI is InChI=1S/C14H10N2O3S/c1-7-4-9(8-2-3-18-6-8)11-12(17)10(5-15)13(16)19-14(11)20-7/h2-4,6,9H,16H2,1H3/t9-/m1/s1. The minimum absolute atomic E-state index is 0.135. The van der Waals surface area contributed by atoms with E-state index in [0.717, 1.165) is 10.5 Å². The Morgan fingerprint density at radius 3 is 2.95 bits per heavy atom. The molecule has 0 radical (unpaired) electrons. The van der Waals surface area contributed by atoms with E-state index in [1.807, 2.05) is 13.0 Å². The second kappa shape index (κ2) is 4.62. The van der Waals surface area contributed by atoms with Gasteiger partial charge in [-0.3, -0.25) is 4.79 Å². The number of rotatable bonds is 1. The highest BCUT2D eigenvalue weighted by atomic mass is 32.2. The molecule has 0 saturated carbocycles. The molecular formula is C14H10N2O3S. The highest BCUT2D eigenvalue weighted by molar-refractivity contribution is 8.03. The zero-order valence-corrected chi connectivity index (χ0v) is 11.4. The molecule has 1 aliphatic heterocycles. The van der Waals surface area contributed by atoms with E-state index in [2.05, 4.69) is 0 Å². The van der Waals surface area contributed by atoms with Gasteiger partial charge in [0.1, 0.15) is 6.07 Å². The molecular weight excluding hydrogens is 276 g/mol. The Morgan fingerprint density at radius 1 is 1.50 bits per heavy atom. The Morgan fingerprint density at radius 2 is 2.30 bits per heavy atom. The molecule has 2 aromatic rings. The Bertz CT molecular complexity index is 797. The first kappa shape index (κ1) is 12.6. The number of nitrogens with two attached hydrogens (primary N) is 1. The summed E-state index contributed by atoms with van der Waals surface area (Å²) in [5.41, 5.74) is 6.37. The maximum atomic E-state index is 12.4. The lowest BCUT2D eigenvalue weighted by atomic mass is 9.93. The highest BCUT2D eigenvalue weighted by Crippen LogP contribution is 2.42. The number of anilines is 1. The van der Waals surface area contributed by atoms with Crippen LogP contribution in [0.3, 0.4) is 0 Å². The van der Waals surface area contributed by atoms with Crippen LogP contribution < -0.4 is 11.2 Å². The summed E-state index contributed by atoms with van der Waals surface area (Å²) in [5, 5.41) is 9.48. The first-order valence-corrected chi connectivity index (χ1v) is 6.68. The van der Waals surface area contributed by atoms with Crippen LogP contribution in [0, 0.1) is 11.3 Å². The molecule has 0 unspecified atom stereocenters. The molecule has 2 aromatic heterocycles. The first-order valence-electron chi connectivity index (χ1n) is 5.86. The van der Waals surface area contributed by atoms with Gasteiger partial charge in [0.05, 0.1) is 18.1 Å². The molecule has 0 fully saturated rings. The van der Waals surface area contributed by atoms with Crippen molar-refractivity contribution in [1.82, 2.24) is 0 Å².